The fourth-order valence-corrected chi connectivity index (χ4v) is 3.07. The van der Waals surface area contributed by atoms with E-state index in [4.69, 9.17) is 0 Å². The second-order valence-electron chi connectivity index (χ2n) is 4.78. The summed E-state index contributed by atoms with van der Waals surface area (Å²) in [5.74, 6) is -0.731. The Bertz CT molecular complexity index is 698. The summed E-state index contributed by atoms with van der Waals surface area (Å²) < 4.78 is 25.0. The van der Waals surface area contributed by atoms with Crippen molar-refractivity contribution >= 4 is 33.7 Å². The van der Waals surface area contributed by atoms with E-state index in [0.29, 0.717) is 11.4 Å². The molecule has 0 aliphatic rings. The number of benzene rings is 1. The summed E-state index contributed by atoms with van der Waals surface area (Å²) in [4.78, 5) is 16.4. The lowest BCUT2D eigenvalue weighted by Crippen LogP contribution is -2.13. The van der Waals surface area contributed by atoms with Crippen molar-refractivity contribution in [3.8, 4) is 0 Å². The highest BCUT2D eigenvalue weighted by molar-refractivity contribution is 7.84. The molecule has 0 spiro atoms. The van der Waals surface area contributed by atoms with Gasteiger partial charge in [0.15, 0.2) is 0 Å². The molecule has 1 N–H and O–H groups in total. The van der Waals surface area contributed by atoms with Crippen molar-refractivity contribution in [1.29, 1.82) is 0 Å². The number of carbonyl (C=O) groups is 1. The minimum absolute atomic E-state index is 0.115. The second kappa shape index (κ2) is 6.44. The number of carbonyl (C=O) groups excluding carboxylic acids is 1. The first-order chi connectivity index (χ1) is 9.88. The molecular formula is C14H15FN2O2S2. The van der Waals surface area contributed by atoms with Gasteiger partial charge in [-0.25, -0.2) is 9.37 Å². The first-order valence-electron chi connectivity index (χ1n) is 6.28. The minimum Gasteiger partial charge on any atom is -0.321 e. The Morgan fingerprint density at radius 1 is 1.43 bits per heavy atom. The van der Waals surface area contributed by atoms with Crippen molar-refractivity contribution in [3.05, 3.63) is 40.1 Å². The number of nitrogens with one attached hydrogen (secondary N) is 1. The third-order valence-corrected chi connectivity index (χ3v) is 4.84. The first kappa shape index (κ1) is 15.8. The van der Waals surface area contributed by atoms with Crippen LogP contribution in [0.15, 0.2) is 28.5 Å². The highest BCUT2D eigenvalue weighted by atomic mass is 32.2. The molecule has 1 amide bonds. The third-order valence-electron chi connectivity index (χ3n) is 2.75. The van der Waals surface area contributed by atoms with E-state index < -0.39 is 16.6 Å². The Balaban J connectivity index is 2.15. The standard InChI is InChI=1S/C14H15FN2O2S2/c1-8(2)14-17-11(7-20-14)13(18)16-9-4-5-12(21(3)19)10(15)6-9/h4-8H,1-3H3,(H,16,18). The molecule has 21 heavy (non-hydrogen) atoms. The number of thiazole rings is 1. The van der Waals surface area contributed by atoms with Crippen LogP contribution in [0.2, 0.25) is 0 Å². The zero-order valence-corrected chi connectivity index (χ0v) is 13.5. The van der Waals surface area contributed by atoms with Gasteiger partial charge in [0.1, 0.15) is 11.5 Å². The molecular weight excluding hydrogens is 311 g/mol. The molecule has 1 aromatic heterocycles. The number of amides is 1. The maximum atomic E-state index is 13.7. The monoisotopic (exact) mass is 326 g/mol. The highest BCUT2D eigenvalue weighted by Crippen LogP contribution is 2.21. The van der Waals surface area contributed by atoms with E-state index in [1.807, 2.05) is 13.8 Å². The third kappa shape index (κ3) is 3.74. The summed E-state index contributed by atoms with van der Waals surface area (Å²) in [6.45, 7) is 4.00. The zero-order chi connectivity index (χ0) is 15.6. The molecule has 1 atom stereocenters. The van der Waals surface area contributed by atoms with Crippen LogP contribution in [0.25, 0.3) is 0 Å². The van der Waals surface area contributed by atoms with Gasteiger partial charge in [-0.3, -0.25) is 9.00 Å². The number of halogens is 1. The van der Waals surface area contributed by atoms with Gasteiger partial charge in [-0.05, 0) is 18.2 Å². The Morgan fingerprint density at radius 3 is 2.67 bits per heavy atom. The van der Waals surface area contributed by atoms with Crippen LogP contribution in [0.5, 0.6) is 0 Å². The van der Waals surface area contributed by atoms with Crippen LogP contribution in [-0.2, 0) is 10.8 Å². The number of nitrogens with zero attached hydrogens (tertiary/aromatic N) is 1. The number of rotatable bonds is 4. The van der Waals surface area contributed by atoms with Gasteiger partial charge in [-0.15, -0.1) is 11.3 Å². The average Bonchev–Trinajstić information content (AvgIpc) is 2.88. The fraction of sp³-hybridized carbons (Fsp3) is 0.286. The average molecular weight is 326 g/mol. The van der Waals surface area contributed by atoms with E-state index in [0.717, 1.165) is 11.1 Å². The maximum Gasteiger partial charge on any atom is 0.275 e. The van der Waals surface area contributed by atoms with Crippen LogP contribution < -0.4 is 5.32 Å². The van der Waals surface area contributed by atoms with Crippen LogP contribution in [0.1, 0.15) is 35.3 Å². The lowest BCUT2D eigenvalue weighted by Gasteiger charge is -2.05. The van der Waals surface area contributed by atoms with E-state index in [-0.39, 0.29) is 16.7 Å². The Labute approximate surface area is 128 Å². The zero-order valence-electron chi connectivity index (χ0n) is 11.8. The smallest absolute Gasteiger partial charge is 0.275 e. The van der Waals surface area contributed by atoms with Gasteiger partial charge in [0.2, 0.25) is 0 Å². The largest absolute Gasteiger partial charge is 0.321 e. The molecule has 1 aromatic carbocycles. The molecule has 4 nitrogen and oxygen atoms in total. The molecule has 0 saturated carbocycles. The highest BCUT2D eigenvalue weighted by Gasteiger charge is 2.14. The molecule has 1 heterocycles. The van der Waals surface area contributed by atoms with Gasteiger partial charge in [-0.2, -0.15) is 0 Å². The minimum atomic E-state index is -1.40. The molecule has 2 aromatic rings. The number of hydrogen-bond donors (Lipinski definition) is 1. The van der Waals surface area contributed by atoms with Gasteiger partial charge < -0.3 is 5.32 Å². The summed E-state index contributed by atoms with van der Waals surface area (Å²) in [5, 5.41) is 5.14. The maximum absolute atomic E-state index is 13.7. The quantitative estimate of drug-likeness (QED) is 0.937. The Morgan fingerprint density at radius 2 is 2.14 bits per heavy atom. The van der Waals surface area contributed by atoms with E-state index in [2.05, 4.69) is 10.3 Å². The summed E-state index contributed by atoms with van der Waals surface area (Å²) >= 11 is 1.42. The van der Waals surface area contributed by atoms with Crippen LogP contribution in [0, 0.1) is 5.82 Å². The Kier molecular flexibility index (Phi) is 4.84. The van der Waals surface area contributed by atoms with Gasteiger partial charge in [0, 0.05) is 23.2 Å². The van der Waals surface area contributed by atoms with Gasteiger partial charge in [-0.1, -0.05) is 13.8 Å². The molecule has 0 bridgehead atoms. The lowest BCUT2D eigenvalue weighted by molar-refractivity contribution is 0.102. The number of hydrogen-bond acceptors (Lipinski definition) is 4. The van der Waals surface area contributed by atoms with E-state index in [1.54, 1.807) is 5.38 Å². The fourth-order valence-electron chi connectivity index (χ4n) is 1.66. The van der Waals surface area contributed by atoms with Gasteiger partial charge >= 0.3 is 0 Å². The normalized spacial score (nSPS) is 12.4. The van der Waals surface area contributed by atoms with E-state index >= 15 is 0 Å². The molecule has 0 saturated heterocycles. The SMILES string of the molecule is CC(C)c1nc(C(=O)Nc2ccc(S(C)=O)c(F)c2)cs1. The van der Waals surface area contributed by atoms with Crippen LogP contribution in [-0.4, -0.2) is 21.4 Å². The second-order valence-corrected chi connectivity index (χ2v) is 7.02. The van der Waals surface area contributed by atoms with Crippen molar-refractivity contribution in [1.82, 2.24) is 4.98 Å². The molecule has 0 radical (unpaired) electrons. The number of anilines is 1. The summed E-state index contributed by atoms with van der Waals surface area (Å²) in [5.41, 5.74) is 0.623. The topological polar surface area (TPSA) is 59.1 Å². The Hall–Kier alpha value is -1.60. The van der Waals surface area contributed by atoms with Crippen molar-refractivity contribution in [2.24, 2.45) is 0 Å². The van der Waals surface area contributed by atoms with Crippen LogP contribution >= 0.6 is 11.3 Å². The van der Waals surface area contributed by atoms with E-state index in [9.17, 15) is 13.4 Å². The van der Waals surface area contributed by atoms with Gasteiger partial charge in [0.05, 0.1) is 20.7 Å². The molecule has 0 aliphatic heterocycles. The molecule has 1 unspecified atom stereocenters. The molecule has 112 valence electrons. The lowest BCUT2D eigenvalue weighted by atomic mass is 10.2. The van der Waals surface area contributed by atoms with Crippen molar-refractivity contribution in [3.63, 3.8) is 0 Å². The summed E-state index contributed by atoms with van der Waals surface area (Å²) in [6, 6.07) is 4.08. The summed E-state index contributed by atoms with van der Waals surface area (Å²) in [7, 11) is -1.40. The predicted molar refractivity (Wildman–Crippen MR) is 82.9 cm³/mol. The van der Waals surface area contributed by atoms with E-state index in [1.165, 1.54) is 29.7 Å². The number of aromatic nitrogens is 1. The van der Waals surface area contributed by atoms with Crippen molar-refractivity contribution in [2.75, 3.05) is 11.6 Å². The first-order valence-corrected chi connectivity index (χ1v) is 8.72. The summed E-state index contributed by atoms with van der Waals surface area (Å²) in [6.07, 6.45) is 1.40. The molecule has 2 rings (SSSR count). The van der Waals surface area contributed by atoms with Crippen molar-refractivity contribution in [2.45, 2.75) is 24.7 Å². The molecule has 7 heteroatoms. The van der Waals surface area contributed by atoms with Crippen molar-refractivity contribution < 1.29 is 13.4 Å². The van der Waals surface area contributed by atoms with Crippen LogP contribution in [0.4, 0.5) is 10.1 Å². The molecule has 0 aliphatic carbocycles. The predicted octanol–water partition coefficient (Wildman–Crippen LogP) is 3.40. The van der Waals surface area contributed by atoms with Crippen LogP contribution in [0.3, 0.4) is 0 Å². The molecule has 0 fully saturated rings. The van der Waals surface area contributed by atoms with Gasteiger partial charge in [0.25, 0.3) is 5.91 Å².